The first-order chi connectivity index (χ1) is 9.06. The second-order valence-electron chi connectivity index (χ2n) is 4.62. The van der Waals surface area contributed by atoms with E-state index in [1.165, 1.54) is 12.1 Å². The lowest BCUT2D eigenvalue weighted by Crippen LogP contribution is -2.14. The predicted octanol–water partition coefficient (Wildman–Crippen LogP) is 2.46. The summed E-state index contributed by atoms with van der Waals surface area (Å²) in [7, 11) is 0. The zero-order valence-electron chi connectivity index (χ0n) is 11.3. The van der Waals surface area contributed by atoms with Gasteiger partial charge < -0.3 is 15.7 Å². The molecule has 1 unspecified atom stereocenters. The highest BCUT2D eigenvalue weighted by molar-refractivity contribution is 5.63. The van der Waals surface area contributed by atoms with E-state index in [0.717, 1.165) is 18.7 Å². The minimum absolute atomic E-state index is 0.0558. The molecule has 0 aliphatic carbocycles. The smallest absolute Gasteiger partial charge is 0.273 e. The van der Waals surface area contributed by atoms with Gasteiger partial charge in [-0.25, -0.2) is 0 Å². The van der Waals surface area contributed by atoms with Crippen molar-refractivity contribution in [1.29, 1.82) is 0 Å². The topological polar surface area (TPSA) is 87.4 Å². The summed E-state index contributed by atoms with van der Waals surface area (Å²) in [4.78, 5) is 10.5. The van der Waals surface area contributed by atoms with Gasteiger partial charge in [0.2, 0.25) is 0 Å². The first kappa shape index (κ1) is 15.2. The van der Waals surface area contributed by atoms with Gasteiger partial charge in [-0.3, -0.25) is 10.1 Å². The number of nitrogens with zero attached hydrogens (tertiary/aromatic N) is 1. The summed E-state index contributed by atoms with van der Waals surface area (Å²) in [5, 5.41) is 26.1. The normalized spacial score (nSPS) is 11.9. The first-order valence-corrected chi connectivity index (χ1v) is 6.45. The summed E-state index contributed by atoms with van der Waals surface area (Å²) in [5.74, 6) is 0.103. The van der Waals surface area contributed by atoms with Crippen LogP contribution in [0, 0.1) is 16.0 Å². The van der Waals surface area contributed by atoms with Crippen LogP contribution in [0.1, 0.15) is 20.3 Å². The van der Waals surface area contributed by atoms with E-state index in [1.807, 2.05) is 19.9 Å². The molecule has 0 fully saturated rings. The third-order valence-electron chi connectivity index (χ3n) is 2.67. The van der Waals surface area contributed by atoms with Crippen molar-refractivity contribution < 1.29 is 10.0 Å². The lowest BCUT2D eigenvalue weighted by atomic mass is 10.2. The summed E-state index contributed by atoms with van der Waals surface area (Å²) < 4.78 is 0. The Morgan fingerprint density at radius 3 is 2.47 bits per heavy atom. The van der Waals surface area contributed by atoms with Crippen molar-refractivity contribution in [2.24, 2.45) is 5.92 Å². The Morgan fingerprint density at radius 1 is 1.32 bits per heavy atom. The van der Waals surface area contributed by atoms with E-state index in [1.54, 1.807) is 0 Å². The van der Waals surface area contributed by atoms with Gasteiger partial charge in [0.15, 0.2) is 0 Å². The molecule has 3 N–H and O–H groups in total. The van der Waals surface area contributed by atoms with Gasteiger partial charge in [0.25, 0.3) is 5.69 Å². The van der Waals surface area contributed by atoms with Crippen molar-refractivity contribution in [3.05, 3.63) is 28.3 Å². The zero-order valence-corrected chi connectivity index (χ0v) is 11.3. The molecule has 0 bridgehead atoms. The van der Waals surface area contributed by atoms with E-state index in [2.05, 4.69) is 10.6 Å². The fourth-order valence-corrected chi connectivity index (χ4v) is 1.55. The van der Waals surface area contributed by atoms with Gasteiger partial charge in [-0.2, -0.15) is 0 Å². The van der Waals surface area contributed by atoms with Crippen LogP contribution < -0.4 is 10.6 Å². The quantitative estimate of drug-likeness (QED) is 0.497. The van der Waals surface area contributed by atoms with Gasteiger partial charge in [0.1, 0.15) is 0 Å². The van der Waals surface area contributed by atoms with Crippen molar-refractivity contribution in [2.75, 3.05) is 30.3 Å². The Labute approximate surface area is 113 Å². The van der Waals surface area contributed by atoms with Crippen molar-refractivity contribution in [3.8, 4) is 0 Å². The molecule has 1 atom stereocenters. The number of nitro benzene ring substituents is 1. The molecule has 0 aliphatic rings. The minimum Gasteiger partial charge on any atom is -0.396 e. The zero-order chi connectivity index (χ0) is 14.3. The molecule has 1 aromatic rings. The van der Waals surface area contributed by atoms with E-state index in [0.29, 0.717) is 12.2 Å². The third kappa shape index (κ3) is 5.13. The number of benzene rings is 1. The number of non-ortho nitro benzene ring substituents is 1. The average molecular weight is 267 g/mol. The Balaban J connectivity index is 2.83. The predicted molar refractivity (Wildman–Crippen MR) is 76.6 cm³/mol. The van der Waals surface area contributed by atoms with Crippen molar-refractivity contribution >= 4 is 17.1 Å². The lowest BCUT2D eigenvalue weighted by Gasteiger charge is -2.12. The van der Waals surface area contributed by atoms with Crippen LogP contribution in [-0.4, -0.2) is 29.7 Å². The van der Waals surface area contributed by atoms with Gasteiger partial charge in [0.05, 0.1) is 4.92 Å². The van der Waals surface area contributed by atoms with Gasteiger partial charge in [0, 0.05) is 43.2 Å². The van der Waals surface area contributed by atoms with Gasteiger partial charge in [-0.1, -0.05) is 13.8 Å². The van der Waals surface area contributed by atoms with Crippen molar-refractivity contribution in [2.45, 2.75) is 20.3 Å². The molecular weight excluding hydrogens is 246 g/mol. The molecule has 0 aromatic heterocycles. The number of rotatable bonds is 8. The fourth-order valence-electron chi connectivity index (χ4n) is 1.55. The van der Waals surface area contributed by atoms with Crippen molar-refractivity contribution in [3.63, 3.8) is 0 Å². The molecule has 106 valence electrons. The molecule has 1 aromatic carbocycles. The SMILES string of the molecule is CCCNc1cc(NCC(C)CO)cc([N+](=O)[O-])c1. The summed E-state index contributed by atoms with van der Waals surface area (Å²) in [6.07, 6.45) is 0.951. The van der Waals surface area contributed by atoms with Crippen LogP contribution in [0.2, 0.25) is 0 Å². The monoisotopic (exact) mass is 267 g/mol. The molecule has 0 saturated carbocycles. The lowest BCUT2D eigenvalue weighted by molar-refractivity contribution is -0.384. The van der Waals surface area contributed by atoms with E-state index in [9.17, 15) is 10.1 Å². The number of nitrogens with one attached hydrogen (secondary N) is 2. The Kier molecular flexibility index (Phi) is 6.08. The first-order valence-electron chi connectivity index (χ1n) is 6.45. The van der Waals surface area contributed by atoms with Crippen LogP contribution in [0.15, 0.2) is 18.2 Å². The van der Waals surface area contributed by atoms with Crippen LogP contribution in [0.4, 0.5) is 17.1 Å². The summed E-state index contributed by atoms with van der Waals surface area (Å²) in [6, 6.07) is 4.87. The number of aliphatic hydroxyl groups is 1. The highest BCUT2D eigenvalue weighted by atomic mass is 16.6. The van der Waals surface area contributed by atoms with Crippen LogP contribution >= 0.6 is 0 Å². The Morgan fingerprint density at radius 2 is 1.95 bits per heavy atom. The molecule has 0 amide bonds. The maximum Gasteiger partial charge on any atom is 0.273 e. The number of aliphatic hydroxyl groups excluding tert-OH is 1. The fraction of sp³-hybridized carbons (Fsp3) is 0.538. The molecule has 0 spiro atoms. The number of nitro groups is 1. The summed E-state index contributed by atoms with van der Waals surface area (Å²) in [5.41, 5.74) is 1.48. The highest BCUT2D eigenvalue weighted by Crippen LogP contribution is 2.24. The summed E-state index contributed by atoms with van der Waals surface area (Å²) >= 11 is 0. The van der Waals surface area contributed by atoms with E-state index in [-0.39, 0.29) is 18.2 Å². The van der Waals surface area contributed by atoms with Crippen LogP contribution in [0.3, 0.4) is 0 Å². The van der Waals surface area contributed by atoms with E-state index in [4.69, 9.17) is 5.11 Å². The summed E-state index contributed by atoms with van der Waals surface area (Å²) in [6.45, 7) is 5.37. The maximum absolute atomic E-state index is 10.9. The number of anilines is 2. The second-order valence-corrected chi connectivity index (χ2v) is 4.62. The van der Waals surface area contributed by atoms with E-state index < -0.39 is 4.92 Å². The maximum atomic E-state index is 10.9. The molecular formula is C13H21N3O3. The standard InChI is InChI=1S/C13H21N3O3/c1-3-4-14-11-5-12(15-8-10(2)9-17)7-13(6-11)16(18)19/h5-7,10,14-15,17H,3-4,8-9H2,1-2H3. The van der Waals surface area contributed by atoms with Crippen LogP contribution in [0.25, 0.3) is 0 Å². The highest BCUT2D eigenvalue weighted by Gasteiger charge is 2.10. The third-order valence-corrected chi connectivity index (χ3v) is 2.67. The molecule has 6 heteroatoms. The average Bonchev–Trinajstić information content (AvgIpc) is 2.42. The van der Waals surface area contributed by atoms with Crippen LogP contribution in [-0.2, 0) is 0 Å². The molecule has 0 heterocycles. The van der Waals surface area contributed by atoms with Crippen LogP contribution in [0.5, 0.6) is 0 Å². The minimum atomic E-state index is -0.405. The van der Waals surface area contributed by atoms with Crippen molar-refractivity contribution in [1.82, 2.24) is 0 Å². The Bertz CT molecular complexity index is 424. The molecule has 0 aliphatic heterocycles. The van der Waals surface area contributed by atoms with E-state index >= 15 is 0 Å². The molecule has 19 heavy (non-hydrogen) atoms. The van der Waals surface area contributed by atoms with Gasteiger partial charge in [-0.15, -0.1) is 0 Å². The Hall–Kier alpha value is -1.82. The molecule has 1 rings (SSSR count). The molecule has 6 nitrogen and oxygen atoms in total. The van der Waals surface area contributed by atoms with Gasteiger partial charge >= 0.3 is 0 Å². The largest absolute Gasteiger partial charge is 0.396 e. The number of hydrogen-bond donors (Lipinski definition) is 3. The molecule has 0 saturated heterocycles. The molecule has 0 radical (unpaired) electrons. The second kappa shape index (κ2) is 7.58. The number of hydrogen-bond acceptors (Lipinski definition) is 5. The van der Waals surface area contributed by atoms with Gasteiger partial charge in [-0.05, 0) is 18.4 Å².